The van der Waals surface area contributed by atoms with Crippen molar-refractivity contribution in [1.82, 2.24) is 20.5 Å². The standard InChI is InChI=1S/C25H35FN6/c1-2-27-25(30-22-12-16-32(19-22)24-23(26)7-6-13-28-24)29-17-20-8-10-21(11-9-20)18-31-14-4-3-5-15-31/h6-11,13,22H,2-5,12,14-19H2,1H3,(H2,27,29,30). The zero-order valence-electron chi connectivity index (χ0n) is 19.1. The Morgan fingerprint density at radius 1 is 1.09 bits per heavy atom. The van der Waals surface area contributed by atoms with Gasteiger partial charge in [-0.15, -0.1) is 0 Å². The summed E-state index contributed by atoms with van der Waals surface area (Å²) in [6.07, 6.45) is 6.58. The van der Waals surface area contributed by atoms with E-state index in [1.807, 2.05) is 4.90 Å². The summed E-state index contributed by atoms with van der Waals surface area (Å²) in [7, 11) is 0. The molecule has 2 aliphatic rings. The number of aromatic nitrogens is 1. The number of nitrogens with one attached hydrogen (secondary N) is 2. The lowest BCUT2D eigenvalue weighted by molar-refractivity contribution is 0.221. The molecule has 2 N–H and O–H groups in total. The highest BCUT2D eigenvalue weighted by Crippen LogP contribution is 2.21. The second kappa shape index (κ2) is 11.3. The predicted octanol–water partition coefficient (Wildman–Crippen LogP) is 3.54. The summed E-state index contributed by atoms with van der Waals surface area (Å²) in [5, 5.41) is 6.85. The Kier molecular flexibility index (Phi) is 7.93. The minimum absolute atomic E-state index is 0.209. The van der Waals surface area contributed by atoms with Crippen molar-refractivity contribution >= 4 is 11.8 Å². The maximum Gasteiger partial charge on any atom is 0.191 e. The number of benzene rings is 1. The van der Waals surface area contributed by atoms with Crippen LogP contribution >= 0.6 is 0 Å². The van der Waals surface area contributed by atoms with Gasteiger partial charge in [-0.3, -0.25) is 4.90 Å². The minimum atomic E-state index is -0.266. The monoisotopic (exact) mass is 438 g/mol. The van der Waals surface area contributed by atoms with Gasteiger partial charge in [0.2, 0.25) is 0 Å². The van der Waals surface area contributed by atoms with Crippen molar-refractivity contribution in [2.45, 2.75) is 51.7 Å². The molecule has 1 unspecified atom stereocenters. The van der Waals surface area contributed by atoms with Gasteiger partial charge in [-0.1, -0.05) is 30.7 Å². The van der Waals surface area contributed by atoms with Gasteiger partial charge in [-0.25, -0.2) is 14.4 Å². The molecule has 6 nitrogen and oxygen atoms in total. The maximum atomic E-state index is 14.1. The predicted molar refractivity (Wildman–Crippen MR) is 128 cm³/mol. The summed E-state index contributed by atoms with van der Waals surface area (Å²) in [4.78, 5) is 13.5. The Bertz CT molecular complexity index is 878. The van der Waals surface area contributed by atoms with Crippen LogP contribution in [-0.4, -0.2) is 54.6 Å². The van der Waals surface area contributed by atoms with E-state index in [2.05, 4.69) is 51.7 Å². The summed E-state index contributed by atoms with van der Waals surface area (Å²) in [6, 6.07) is 12.1. The molecule has 3 heterocycles. The molecule has 1 aromatic carbocycles. The van der Waals surface area contributed by atoms with Crippen LogP contribution in [0.2, 0.25) is 0 Å². The van der Waals surface area contributed by atoms with E-state index in [-0.39, 0.29) is 11.9 Å². The number of guanidine groups is 1. The van der Waals surface area contributed by atoms with Crippen LogP contribution in [0.25, 0.3) is 0 Å². The lowest BCUT2D eigenvalue weighted by Crippen LogP contribution is -2.44. The number of anilines is 1. The molecule has 0 spiro atoms. The minimum Gasteiger partial charge on any atom is -0.357 e. The fraction of sp³-hybridized carbons (Fsp3) is 0.520. The van der Waals surface area contributed by atoms with Crippen molar-refractivity contribution < 1.29 is 4.39 Å². The molecule has 0 bridgehead atoms. The largest absolute Gasteiger partial charge is 0.357 e. The van der Waals surface area contributed by atoms with Crippen molar-refractivity contribution in [2.24, 2.45) is 4.99 Å². The first-order valence-corrected chi connectivity index (χ1v) is 11.9. The number of likely N-dealkylation sites (tertiary alicyclic amines) is 1. The Morgan fingerprint density at radius 2 is 1.88 bits per heavy atom. The van der Waals surface area contributed by atoms with E-state index >= 15 is 0 Å². The van der Waals surface area contributed by atoms with Gasteiger partial charge in [-0.05, 0) is 62.5 Å². The first kappa shape index (κ1) is 22.5. The van der Waals surface area contributed by atoms with E-state index in [0.29, 0.717) is 18.9 Å². The van der Waals surface area contributed by atoms with Crippen LogP contribution in [0.1, 0.15) is 43.7 Å². The Balaban J connectivity index is 1.30. The third-order valence-corrected chi connectivity index (χ3v) is 6.21. The van der Waals surface area contributed by atoms with Crippen molar-refractivity contribution in [2.75, 3.05) is 37.6 Å². The van der Waals surface area contributed by atoms with E-state index in [0.717, 1.165) is 32.0 Å². The highest BCUT2D eigenvalue weighted by molar-refractivity contribution is 5.80. The fourth-order valence-electron chi connectivity index (χ4n) is 4.49. The lowest BCUT2D eigenvalue weighted by Gasteiger charge is -2.26. The van der Waals surface area contributed by atoms with Crippen LogP contribution in [0.5, 0.6) is 0 Å². The fourth-order valence-corrected chi connectivity index (χ4v) is 4.49. The van der Waals surface area contributed by atoms with Crippen LogP contribution in [0, 0.1) is 5.82 Å². The quantitative estimate of drug-likeness (QED) is 0.512. The van der Waals surface area contributed by atoms with Crippen molar-refractivity contribution in [3.05, 3.63) is 59.5 Å². The molecule has 0 radical (unpaired) electrons. The molecule has 1 aromatic heterocycles. The molecule has 2 fully saturated rings. The summed E-state index contributed by atoms with van der Waals surface area (Å²) in [6.45, 7) is 8.47. The number of hydrogen-bond acceptors (Lipinski definition) is 4. The molecule has 2 aromatic rings. The molecular formula is C25H35FN6. The number of hydrogen-bond donors (Lipinski definition) is 2. The van der Waals surface area contributed by atoms with Crippen LogP contribution in [0.15, 0.2) is 47.6 Å². The number of piperidine rings is 1. The van der Waals surface area contributed by atoms with Crippen molar-refractivity contribution in [3.63, 3.8) is 0 Å². The van der Waals surface area contributed by atoms with Gasteiger partial charge in [0, 0.05) is 38.4 Å². The molecule has 7 heteroatoms. The third kappa shape index (κ3) is 6.19. The summed E-state index contributed by atoms with van der Waals surface area (Å²) >= 11 is 0. The summed E-state index contributed by atoms with van der Waals surface area (Å²) < 4.78 is 14.1. The van der Waals surface area contributed by atoms with Gasteiger partial charge in [0.1, 0.15) is 0 Å². The number of halogens is 1. The van der Waals surface area contributed by atoms with Gasteiger partial charge < -0.3 is 15.5 Å². The second-order valence-electron chi connectivity index (χ2n) is 8.73. The number of aliphatic imine (C=N–C) groups is 1. The van der Waals surface area contributed by atoms with E-state index in [9.17, 15) is 4.39 Å². The molecule has 4 rings (SSSR count). The highest BCUT2D eigenvalue weighted by Gasteiger charge is 2.25. The summed E-state index contributed by atoms with van der Waals surface area (Å²) in [5.41, 5.74) is 2.57. The van der Waals surface area contributed by atoms with Gasteiger partial charge >= 0.3 is 0 Å². The maximum absolute atomic E-state index is 14.1. The molecule has 2 aliphatic heterocycles. The summed E-state index contributed by atoms with van der Waals surface area (Å²) in [5.74, 6) is 0.971. The van der Waals surface area contributed by atoms with Gasteiger partial charge in [0.25, 0.3) is 0 Å². The molecule has 2 saturated heterocycles. The van der Waals surface area contributed by atoms with Crippen LogP contribution < -0.4 is 15.5 Å². The van der Waals surface area contributed by atoms with Crippen LogP contribution in [0.3, 0.4) is 0 Å². The average molecular weight is 439 g/mol. The molecule has 32 heavy (non-hydrogen) atoms. The molecule has 0 saturated carbocycles. The van der Waals surface area contributed by atoms with Crippen LogP contribution in [0.4, 0.5) is 10.2 Å². The number of rotatable bonds is 7. The zero-order valence-corrected chi connectivity index (χ0v) is 19.1. The Labute approximate surface area is 190 Å². The van der Waals surface area contributed by atoms with Crippen molar-refractivity contribution in [1.29, 1.82) is 0 Å². The van der Waals surface area contributed by atoms with Crippen molar-refractivity contribution in [3.8, 4) is 0 Å². The first-order chi connectivity index (χ1) is 15.7. The highest BCUT2D eigenvalue weighted by atomic mass is 19.1. The van der Waals surface area contributed by atoms with Gasteiger partial charge in [-0.2, -0.15) is 0 Å². The molecule has 1 atom stereocenters. The molecule has 0 aliphatic carbocycles. The Morgan fingerprint density at radius 3 is 2.62 bits per heavy atom. The zero-order chi connectivity index (χ0) is 22.2. The third-order valence-electron chi connectivity index (χ3n) is 6.21. The van der Waals surface area contributed by atoms with E-state index < -0.39 is 0 Å². The Hall–Kier alpha value is -2.67. The van der Waals surface area contributed by atoms with E-state index in [4.69, 9.17) is 4.99 Å². The van der Waals surface area contributed by atoms with Gasteiger partial charge in [0.05, 0.1) is 6.54 Å². The lowest BCUT2D eigenvalue weighted by atomic mass is 10.1. The molecule has 0 amide bonds. The second-order valence-corrected chi connectivity index (χ2v) is 8.73. The topological polar surface area (TPSA) is 55.8 Å². The number of pyridine rings is 1. The van der Waals surface area contributed by atoms with E-state index in [1.165, 1.54) is 49.5 Å². The van der Waals surface area contributed by atoms with Crippen LogP contribution in [-0.2, 0) is 13.1 Å². The van der Waals surface area contributed by atoms with E-state index in [1.54, 1.807) is 12.3 Å². The number of nitrogens with zero attached hydrogens (tertiary/aromatic N) is 4. The molecule has 172 valence electrons. The van der Waals surface area contributed by atoms with Gasteiger partial charge in [0.15, 0.2) is 17.6 Å². The average Bonchev–Trinajstić information content (AvgIpc) is 3.28. The normalized spacial score (nSPS) is 19.9. The molecular weight excluding hydrogens is 403 g/mol. The first-order valence-electron chi connectivity index (χ1n) is 11.9. The smallest absolute Gasteiger partial charge is 0.191 e. The SMILES string of the molecule is CCNC(=NCc1ccc(CN2CCCCC2)cc1)NC1CCN(c2ncccc2F)C1.